The SMILES string of the molecule is C.C.Cc1nc2cccc(C)c2c(C)c1C. The first-order chi connectivity index (χ1) is 6.61. The Labute approximate surface area is 99.5 Å². The molecule has 1 heteroatoms. The summed E-state index contributed by atoms with van der Waals surface area (Å²) >= 11 is 0. The van der Waals surface area contributed by atoms with Crippen LogP contribution in [-0.4, -0.2) is 4.98 Å². The Hall–Kier alpha value is -1.37. The number of hydrogen-bond donors (Lipinski definition) is 0. The van der Waals surface area contributed by atoms with Crippen molar-refractivity contribution in [1.29, 1.82) is 0 Å². The molecule has 0 aliphatic heterocycles. The Morgan fingerprint density at radius 1 is 0.875 bits per heavy atom. The Bertz CT molecular complexity index is 498. The highest BCUT2D eigenvalue weighted by atomic mass is 14.7. The van der Waals surface area contributed by atoms with Gasteiger partial charge in [0.2, 0.25) is 0 Å². The second-order valence-electron chi connectivity index (χ2n) is 3.92. The van der Waals surface area contributed by atoms with E-state index >= 15 is 0 Å². The normalized spacial score (nSPS) is 9.50. The van der Waals surface area contributed by atoms with E-state index in [4.69, 9.17) is 0 Å². The molecule has 1 heterocycles. The second kappa shape index (κ2) is 5.11. The van der Waals surface area contributed by atoms with E-state index in [1.807, 2.05) is 0 Å². The number of fused-ring (bicyclic) bond motifs is 1. The number of aromatic nitrogens is 1. The van der Waals surface area contributed by atoms with Crippen molar-refractivity contribution in [1.82, 2.24) is 4.98 Å². The lowest BCUT2D eigenvalue weighted by atomic mass is 10.00. The molecule has 0 spiro atoms. The molecule has 0 fully saturated rings. The molecule has 0 bridgehead atoms. The van der Waals surface area contributed by atoms with Crippen molar-refractivity contribution in [3.8, 4) is 0 Å². The zero-order chi connectivity index (χ0) is 10.3. The fourth-order valence-corrected chi connectivity index (χ4v) is 1.96. The third-order valence-corrected chi connectivity index (χ3v) is 3.02. The van der Waals surface area contributed by atoms with Gasteiger partial charge in [-0.2, -0.15) is 0 Å². The molecule has 0 unspecified atom stereocenters. The van der Waals surface area contributed by atoms with Crippen LogP contribution in [0.2, 0.25) is 0 Å². The molecular formula is C15H23N. The van der Waals surface area contributed by atoms with Gasteiger partial charge in [0, 0.05) is 11.1 Å². The first-order valence-corrected chi connectivity index (χ1v) is 4.94. The molecule has 0 aliphatic rings. The van der Waals surface area contributed by atoms with E-state index in [0.29, 0.717) is 0 Å². The Morgan fingerprint density at radius 2 is 1.50 bits per heavy atom. The molecule has 1 aromatic heterocycles. The van der Waals surface area contributed by atoms with Gasteiger partial charge in [-0.25, -0.2) is 0 Å². The summed E-state index contributed by atoms with van der Waals surface area (Å²) < 4.78 is 0. The fourth-order valence-electron chi connectivity index (χ4n) is 1.96. The van der Waals surface area contributed by atoms with Gasteiger partial charge in [0.15, 0.2) is 0 Å². The van der Waals surface area contributed by atoms with Crippen molar-refractivity contribution in [2.75, 3.05) is 0 Å². The van der Waals surface area contributed by atoms with Gasteiger partial charge < -0.3 is 0 Å². The first kappa shape index (κ1) is 14.6. The third kappa shape index (κ3) is 2.08. The zero-order valence-electron chi connectivity index (χ0n) is 9.18. The molecule has 0 saturated heterocycles. The molecule has 0 saturated carbocycles. The quantitative estimate of drug-likeness (QED) is 0.621. The summed E-state index contributed by atoms with van der Waals surface area (Å²) in [6.45, 7) is 8.54. The van der Waals surface area contributed by atoms with Gasteiger partial charge in [-0.05, 0) is 50.5 Å². The summed E-state index contributed by atoms with van der Waals surface area (Å²) in [5.41, 5.74) is 6.25. The first-order valence-electron chi connectivity index (χ1n) is 4.94. The van der Waals surface area contributed by atoms with E-state index in [-0.39, 0.29) is 14.9 Å². The number of aryl methyl sites for hydroxylation is 3. The van der Waals surface area contributed by atoms with E-state index in [0.717, 1.165) is 11.2 Å². The summed E-state index contributed by atoms with van der Waals surface area (Å²) in [5, 5.41) is 1.32. The van der Waals surface area contributed by atoms with Crippen molar-refractivity contribution < 1.29 is 0 Å². The van der Waals surface area contributed by atoms with Crippen LogP contribution in [0.5, 0.6) is 0 Å². The number of benzene rings is 1. The predicted molar refractivity (Wildman–Crippen MR) is 74.2 cm³/mol. The van der Waals surface area contributed by atoms with E-state index in [2.05, 4.69) is 50.9 Å². The van der Waals surface area contributed by atoms with Gasteiger partial charge in [0.05, 0.1) is 5.52 Å². The molecule has 0 amide bonds. The van der Waals surface area contributed by atoms with Crippen LogP contribution in [0, 0.1) is 27.7 Å². The van der Waals surface area contributed by atoms with Crippen LogP contribution in [-0.2, 0) is 0 Å². The maximum absolute atomic E-state index is 4.60. The Balaban J connectivity index is 0.00000112. The Kier molecular flexibility index (Phi) is 4.67. The minimum atomic E-state index is 0. The van der Waals surface area contributed by atoms with Gasteiger partial charge in [-0.1, -0.05) is 27.0 Å². The van der Waals surface area contributed by atoms with Gasteiger partial charge in [-0.15, -0.1) is 0 Å². The summed E-state index contributed by atoms with van der Waals surface area (Å²) in [4.78, 5) is 4.60. The molecule has 2 rings (SSSR count). The maximum Gasteiger partial charge on any atom is 0.0710 e. The average molecular weight is 217 g/mol. The van der Waals surface area contributed by atoms with Gasteiger partial charge in [0.1, 0.15) is 0 Å². The Morgan fingerprint density at radius 3 is 2.12 bits per heavy atom. The molecule has 16 heavy (non-hydrogen) atoms. The average Bonchev–Trinajstić information content (AvgIpc) is 2.14. The summed E-state index contributed by atoms with van der Waals surface area (Å²) in [7, 11) is 0. The lowest BCUT2D eigenvalue weighted by Crippen LogP contribution is -1.94. The number of pyridine rings is 1. The summed E-state index contributed by atoms with van der Waals surface area (Å²) in [6.07, 6.45) is 0. The maximum atomic E-state index is 4.60. The number of hydrogen-bond acceptors (Lipinski definition) is 1. The molecule has 0 N–H and O–H groups in total. The van der Waals surface area contributed by atoms with E-state index in [1.54, 1.807) is 0 Å². The number of rotatable bonds is 0. The molecular weight excluding hydrogens is 194 g/mol. The van der Waals surface area contributed by atoms with Crippen LogP contribution < -0.4 is 0 Å². The molecule has 2 aromatic rings. The minimum absolute atomic E-state index is 0. The lowest BCUT2D eigenvalue weighted by Gasteiger charge is -2.10. The fraction of sp³-hybridized carbons (Fsp3) is 0.400. The van der Waals surface area contributed by atoms with E-state index in [9.17, 15) is 0 Å². The van der Waals surface area contributed by atoms with E-state index < -0.39 is 0 Å². The molecule has 1 aromatic carbocycles. The molecule has 0 atom stereocenters. The van der Waals surface area contributed by atoms with Crippen molar-refractivity contribution >= 4 is 10.9 Å². The van der Waals surface area contributed by atoms with Crippen molar-refractivity contribution in [3.05, 3.63) is 40.6 Å². The highest BCUT2D eigenvalue weighted by Crippen LogP contribution is 2.24. The van der Waals surface area contributed by atoms with Crippen molar-refractivity contribution in [3.63, 3.8) is 0 Å². The van der Waals surface area contributed by atoms with Crippen LogP contribution in [0.4, 0.5) is 0 Å². The van der Waals surface area contributed by atoms with Crippen LogP contribution in [0.25, 0.3) is 10.9 Å². The van der Waals surface area contributed by atoms with Crippen LogP contribution in [0.3, 0.4) is 0 Å². The third-order valence-electron chi connectivity index (χ3n) is 3.02. The monoisotopic (exact) mass is 217 g/mol. The molecule has 1 nitrogen and oxygen atoms in total. The van der Waals surface area contributed by atoms with Crippen molar-refractivity contribution in [2.24, 2.45) is 0 Å². The van der Waals surface area contributed by atoms with Crippen molar-refractivity contribution in [2.45, 2.75) is 42.5 Å². The zero-order valence-corrected chi connectivity index (χ0v) is 9.18. The predicted octanol–water partition coefficient (Wildman–Crippen LogP) is 4.74. The van der Waals surface area contributed by atoms with Gasteiger partial charge in [0.25, 0.3) is 0 Å². The minimum Gasteiger partial charge on any atom is -0.253 e. The standard InChI is InChI=1S/C13H15N.2CH4/c1-8-6-5-7-12-13(8)10(3)9(2)11(4)14-12;;/h5-7H,1-4H3;2*1H4. The van der Waals surface area contributed by atoms with Crippen LogP contribution in [0.15, 0.2) is 18.2 Å². The summed E-state index contributed by atoms with van der Waals surface area (Å²) in [5.74, 6) is 0. The topological polar surface area (TPSA) is 12.9 Å². The molecule has 88 valence electrons. The highest BCUT2D eigenvalue weighted by molar-refractivity contribution is 5.86. The molecule has 0 aliphatic carbocycles. The second-order valence-corrected chi connectivity index (χ2v) is 3.92. The largest absolute Gasteiger partial charge is 0.253 e. The smallest absolute Gasteiger partial charge is 0.0710 e. The number of nitrogens with zero attached hydrogens (tertiary/aromatic N) is 1. The summed E-state index contributed by atoms with van der Waals surface area (Å²) in [6, 6.07) is 6.30. The van der Waals surface area contributed by atoms with E-state index in [1.165, 1.54) is 22.1 Å². The van der Waals surface area contributed by atoms with Crippen LogP contribution in [0.1, 0.15) is 37.2 Å². The lowest BCUT2D eigenvalue weighted by molar-refractivity contribution is 1.16. The molecule has 0 radical (unpaired) electrons. The highest BCUT2D eigenvalue weighted by Gasteiger charge is 2.06. The van der Waals surface area contributed by atoms with Gasteiger partial charge >= 0.3 is 0 Å². The van der Waals surface area contributed by atoms with Gasteiger partial charge in [-0.3, -0.25) is 4.98 Å². The van der Waals surface area contributed by atoms with Crippen LogP contribution >= 0.6 is 0 Å².